The molecule has 17 heavy (non-hydrogen) atoms. The maximum atomic E-state index is 12.9. The molecular weight excluding hydrogens is 217 g/mol. The van der Waals surface area contributed by atoms with Gasteiger partial charge in [0.05, 0.1) is 0 Å². The van der Waals surface area contributed by atoms with Gasteiger partial charge in [-0.15, -0.1) is 0 Å². The zero-order valence-corrected chi connectivity index (χ0v) is 10.9. The van der Waals surface area contributed by atoms with Gasteiger partial charge in [-0.2, -0.15) is 0 Å². The fourth-order valence-electron chi connectivity index (χ4n) is 1.65. The largest absolute Gasteiger partial charge is 0.396 e. The Morgan fingerprint density at radius 2 is 2.06 bits per heavy atom. The summed E-state index contributed by atoms with van der Waals surface area (Å²) in [6.45, 7) is 7.76. The van der Waals surface area contributed by atoms with Gasteiger partial charge in [0.1, 0.15) is 5.82 Å². The van der Waals surface area contributed by atoms with Crippen LogP contribution in [-0.2, 0) is 6.42 Å². The van der Waals surface area contributed by atoms with Crippen molar-refractivity contribution >= 4 is 0 Å². The molecular formula is C14H22FNO. The summed E-state index contributed by atoms with van der Waals surface area (Å²) in [6, 6.07) is 4.90. The second-order valence-corrected chi connectivity index (χ2v) is 5.32. The smallest absolute Gasteiger partial charge is 0.123 e. The minimum atomic E-state index is -0.180. The highest BCUT2D eigenvalue weighted by molar-refractivity contribution is 5.26. The number of aliphatic hydroxyl groups is 1. The topological polar surface area (TPSA) is 32.3 Å². The molecule has 1 rings (SSSR count). The van der Waals surface area contributed by atoms with E-state index in [1.165, 1.54) is 11.6 Å². The van der Waals surface area contributed by atoms with E-state index in [-0.39, 0.29) is 17.8 Å². The predicted octanol–water partition coefficient (Wildman–Crippen LogP) is 2.28. The number of nitrogens with one attached hydrogen (secondary N) is 1. The van der Waals surface area contributed by atoms with Crippen LogP contribution in [0.4, 0.5) is 4.39 Å². The van der Waals surface area contributed by atoms with Gasteiger partial charge in [0, 0.05) is 18.6 Å². The van der Waals surface area contributed by atoms with Gasteiger partial charge in [-0.1, -0.05) is 19.9 Å². The monoisotopic (exact) mass is 239 g/mol. The average Bonchev–Trinajstić information content (AvgIpc) is 2.27. The Morgan fingerprint density at radius 1 is 1.35 bits per heavy atom. The number of aliphatic hydroxyl groups excluding tert-OH is 1. The fraction of sp³-hybridized carbons (Fsp3) is 0.571. The summed E-state index contributed by atoms with van der Waals surface area (Å²) >= 11 is 0. The van der Waals surface area contributed by atoms with Crippen LogP contribution in [0.1, 0.15) is 25.0 Å². The minimum Gasteiger partial charge on any atom is -0.396 e. The van der Waals surface area contributed by atoms with E-state index >= 15 is 0 Å². The van der Waals surface area contributed by atoms with Crippen LogP contribution in [0.3, 0.4) is 0 Å². The van der Waals surface area contributed by atoms with Crippen molar-refractivity contribution in [3.05, 3.63) is 35.1 Å². The third-order valence-corrected chi connectivity index (χ3v) is 2.91. The minimum absolute atomic E-state index is 0.0855. The molecule has 2 N–H and O–H groups in total. The first-order valence-electron chi connectivity index (χ1n) is 6.01. The Kier molecular flexibility index (Phi) is 5.09. The standard InChI is InChI=1S/C14H22FNO/c1-11-8-13(15)5-4-12(11)6-7-16-9-14(2,3)10-17/h4-5,8,16-17H,6-7,9-10H2,1-3H3. The van der Waals surface area contributed by atoms with Crippen molar-refractivity contribution in [2.24, 2.45) is 5.41 Å². The predicted molar refractivity (Wildman–Crippen MR) is 68.6 cm³/mol. The van der Waals surface area contributed by atoms with E-state index in [0.29, 0.717) is 0 Å². The molecule has 0 atom stereocenters. The van der Waals surface area contributed by atoms with Gasteiger partial charge >= 0.3 is 0 Å². The van der Waals surface area contributed by atoms with Crippen molar-refractivity contribution in [3.63, 3.8) is 0 Å². The molecule has 0 spiro atoms. The molecule has 1 aromatic rings. The summed E-state index contributed by atoms with van der Waals surface area (Å²) in [5.74, 6) is -0.180. The van der Waals surface area contributed by atoms with Crippen molar-refractivity contribution in [1.29, 1.82) is 0 Å². The summed E-state index contributed by atoms with van der Waals surface area (Å²) < 4.78 is 12.9. The molecule has 3 heteroatoms. The second-order valence-electron chi connectivity index (χ2n) is 5.32. The number of hydrogen-bond acceptors (Lipinski definition) is 2. The summed E-state index contributed by atoms with van der Waals surface area (Å²) in [7, 11) is 0. The maximum Gasteiger partial charge on any atom is 0.123 e. The van der Waals surface area contributed by atoms with E-state index in [1.807, 2.05) is 26.8 Å². The lowest BCUT2D eigenvalue weighted by atomic mass is 9.95. The molecule has 0 saturated heterocycles. The first kappa shape index (κ1) is 14.1. The first-order valence-corrected chi connectivity index (χ1v) is 6.01. The molecule has 96 valence electrons. The van der Waals surface area contributed by atoms with Crippen LogP contribution in [0, 0.1) is 18.2 Å². The van der Waals surface area contributed by atoms with Gasteiger partial charge in [-0.3, -0.25) is 0 Å². The number of rotatable bonds is 6. The number of aryl methyl sites for hydroxylation is 1. The van der Waals surface area contributed by atoms with Crippen LogP contribution in [0.25, 0.3) is 0 Å². The van der Waals surface area contributed by atoms with Crippen LogP contribution >= 0.6 is 0 Å². The van der Waals surface area contributed by atoms with Crippen LogP contribution < -0.4 is 5.32 Å². The fourth-order valence-corrected chi connectivity index (χ4v) is 1.65. The molecule has 1 aromatic carbocycles. The van der Waals surface area contributed by atoms with Gasteiger partial charge < -0.3 is 10.4 Å². The molecule has 0 radical (unpaired) electrons. The molecule has 0 heterocycles. The van der Waals surface area contributed by atoms with E-state index in [1.54, 1.807) is 6.07 Å². The number of benzene rings is 1. The molecule has 0 bridgehead atoms. The maximum absolute atomic E-state index is 12.9. The van der Waals surface area contributed by atoms with Gasteiger partial charge in [0.25, 0.3) is 0 Å². The van der Waals surface area contributed by atoms with Crippen LogP contribution in [0.5, 0.6) is 0 Å². The zero-order chi connectivity index (χ0) is 12.9. The third kappa shape index (κ3) is 4.84. The summed E-state index contributed by atoms with van der Waals surface area (Å²) in [5, 5.41) is 12.4. The van der Waals surface area contributed by atoms with E-state index in [0.717, 1.165) is 25.1 Å². The molecule has 2 nitrogen and oxygen atoms in total. The van der Waals surface area contributed by atoms with Crippen molar-refractivity contribution in [1.82, 2.24) is 5.32 Å². The quantitative estimate of drug-likeness (QED) is 0.746. The van der Waals surface area contributed by atoms with Gasteiger partial charge in [0.15, 0.2) is 0 Å². The van der Waals surface area contributed by atoms with Gasteiger partial charge in [0.2, 0.25) is 0 Å². The Labute approximate surface area is 103 Å². The highest BCUT2D eigenvalue weighted by atomic mass is 19.1. The lowest BCUT2D eigenvalue weighted by Crippen LogP contribution is -2.33. The highest BCUT2D eigenvalue weighted by Crippen LogP contribution is 2.12. The Morgan fingerprint density at radius 3 is 2.65 bits per heavy atom. The van der Waals surface area contributed by atoms with E-state index in [9.17, 15) is 4.39 Å². The van der Waals surface area contributed by atoms with Crippen LogP contribution in [0.15, 0.2) is 18.2 Å². The van der Waals surface area contributed by atoms with Crippen molar-refractivity contribution in [3.8, 4) is 0 Å². The highest BCUT2D eigenvalue weighted by Gasteiger charge is 2.15. The summed E-state index contributed by atoms with van der Waals surface area (Å²) in [4.78, 5) is 0. The van der Waals surface area contributed by atoms with Crippen molar-refractivity contribution in [2.75, 3.05) is 19.7 Å². The van der Waals surface area contributed by atoms with Gasteiger partial charge in [-0.25, -0.2) is 4.39 Å². The lowest BCUT2D eigenvalue weighted by Gasteiger charge is -2.22. The molecule has 0 aliphatic rings. The van der Waals surface area contributed by atoms with Crippen LogP contribution in [-0.4, -0.2) is 24.8 Å². The number of hydrogen-bond donors (Lipinski definition) is 2. The van der Waals surface area contributed by atoms with E-state index in [2.05, 4.69) is 5.32 Å². The second kappa shape index (κ2) is 6.12. The van der Waals surface area contributed by atoms with E-state index < -0.39 is 0 Å². The van der Waals surface area contributed by atoms with Crippen molar-refractivity contribution in [2.45, 2.75) is 27.2 Å². The Balaban J connectivity index is 2.36. The summed E-state index contributed by atoms with van der Waals surface area (Å²) in [5.41, 5.74) is 2.08. The summed E-state index contributed by atoms with van der Waals surface area (Å²) in [6.07, 6.45) is 0.883. The molecule has 0 fully saturated rings. The zero-order valence-electron chi connectivity index (χ0n) is 10.9. The lowest BCUT2D eigenvalue weighted by molar-refractivity contribution is 0.157. The molecule has 0 amide bonds. The van der Waals surface area contributed by atoms with Gasteiger partial charge in [-0.05, 0) is 43.1 Å². The first-order chi connectivity index (χ1) is 7.94. The SMILES string of the molecule is Cc1cc(F)ccc1CCNCC(C)(C)CO. The normalized spacial score (nSPS) is 11.8. The Hall–Kier alpha value is -0.930. The van der Waals surface area contributed by atoms with Crippen LogP contribution in [0.2, 0.25) is 0 Å². The number of halogens is 1. The Bertz CT molecular complexity index is 363. The van der Waals surface area contributed by atoms with E-state index in [4.69, 9.17) is 5.11 Å². The molecule has 0 aliphatic heterocycles. The third-order valence-electron chi connectivity index (χ3n) is 2.91. The van der Waals surface area contributed by atoms with Crippen molar-refractivity contribution < 1.29 is 9.50 Å². The molecule has 0 saturated carbocycles. The molecule has 0 unspecified atom stereocenters. The molecule has 0 aliphatic carbocycles. The molecule has 0 aromatic heterocycles. The average molecular weight is 239 g/mol.